The second-order valence-electron chi connectivity index (χ2n) is 4.99. The van der Waals surface area contributed by atoms with Crippen LogP contribution in [0.4, 0.5) is 0 Å². The van der Waals surface area contributed by atoms with Gasteiger partial charge >= 0.3 is 5.97 Å². The van der Waals surface area contributed by atoms with Crippen LogP contribution in [-0.2, 0) is 6.54 Å². The monoisotopic (exact) mass is 239 g/mol. The molecule has 1 aliphatic heterocycles. The standard InChI is InChI=1S/C12H17NO4/c1-8-5-9(17-10(8)11(14)15)6-13-4-3-12(2,16)7-13/h5,16H,3-4,6-7H2,1-2H3,(H,14,15). The molecule has 0 saturated carbocycles. The van der Waals surface area contributed by atoms with Crippen LogP contribution in [0.2, 0.25) is 0 Å². The molecular formula is C12H17NO4. The van der Waals surface area contributed by atoms with Crippen LogP contribution in [0.3, 0.4) is 0 Å². The zero-order chi connectivity index (χ0) is 12.6. The van der Waals surface area contributed by atoms with Gasteiger partial charge in [-0.25, -0.2) is 4.79 Å². The number of furan rings is 1. The summed E-state index contributed by atoms with van der Waals surface area (Å²) in [4.78, 5) is 12.9. The van der Waals surface area contributed by atoms with Gasteiger partial charge in [-0.3, -0.25) is 4.90 Å². The van der Waals surface area contributed by atoms with E-state index in [0.717, 1.165) is 13.0 Å². The van der Waals surface area contributed by atoms with Crippen molar-refractivity contribution in [3.63, 3.8) is 0 Å². The van der Waals surface area contributed by atoms with Gasteiger partial charge in [-0.05, 0) is 26.3 Å². The summed E-state index contributed by atoms with van der Waals surface area (Å²) in [6.07, 6.45) is 0.735. The van der Waals surface area contributed by atoms with Crippen LogP contribution in [0.15, 0.2) is 10.5 Å². The summed E-state index contributed by atoms with van der Waals surface area (Å²) in [7, 11) is 0. The highest BCUT2D eigenvalue weighted by molar-refractivity contribution is 5.86. The number of aryl methyl sites for hydroxylation is 1. The van der Waals surface area contributed by atoms with Gasteiger partial charge in [-0.2, -0.15) is 0 Å². The van der Waals surface area contributed by atoms with Crippen molar-refractivity contribution in [2.24, 2.45) is 0 Å². The first kappa shape index (κ1) is 12.1. The molecule has 1 atom stereocenters. The number of likely N-dealkylation sites (tertiary alicyclic amines) is 1. The van der Waals surface area contributed by atoms with Crippen LogP contribution >= 0.6 is 0 Å². The van der Waals surface area contributed by atoms with E-state index in [4.69, 9.17) is 9.52 Å². The summed E-state index contributed by atoms with van der Waals surface area (Å²) in [5.74, 6) is -0.397. The summed E-state index contributed by atoms with van der Waals surface area (Å²) in [5.41, 5.74) is -0.00414. The molecule has 1 aromatic rings. The van der Waals surface area contributed by atoms with E-state index in [2.05, 4.69) is 4.90 Å². The van der Waals surface area contributed by atoms with Crippen molar-refractivity contribution >= 4 is 5.97 Å². The number of aliphatic hydroxyl groups is 1. The van der Waals surface area contributed by atoms with E-state index in [9.17, 15) is 9.90 Å². The Labute approximate surface area is 99.6 Å². The van der Waals surface area contributed by atoms with E-state index in [1.165, 1.54) is 0 Å². The van der Waals surface area contributed by atoms with Gasteiger partial charge in [0.1, 0.15) is 5.76 Å². The minimum absolute atomic E-state index is 0.00552. The molecule has 0 aliphatic carbocycles. The summed E-state index contributed by atoms with van der Waals surface area (Å²) >= 11 is 0. The Morgan fingerprint density at radius 1 is 1.65 bits per heavy atom. The Hall–Kier alpha value is -1.33. The molecule has 0 aromatic carbocycles. The van der Waals surface area contributed by atoms with Crippen molar-refractivity contribution in [3.8, 4) is 0 Å². The lowest BCUT2D eigenvalue weighted by atomic mass is 10.1. The van der Waals surface area contributed by atoms with Gasteiger partial charge in [0.2, 0.25) is 5.76 Å². The lowest BCUT2D eigenvalue weighted by Crippen LogP contribution is -2.29. The van der Waals surface area contributed by atoms with Crippen molar-refractivity contribution in [2.75, 3.05) is 13.1 Å². The van der Waals surface area contributed by atoms with Crippen LogP contribution in [0.1, 0.15) is 35.2 Å². The van der Waals surface area contributed by atoms with Gasteiger partial charge in [-0.15, -0.1) is 0 Å². The Morgan fingerprint density at radius 2 is 2.35 bits per heavy atom. The summed E-state index contributed by atoms with van der Waals surface area (Å²) in [6.45, 7) is 5.47. The molecule has 0 bridgehead atoms. The first-order valence-corrected chi connectivity index (χ1v) is 5.65. The molecule has 1 saturated heterocycles. The highest BCUT2D eigenvalue weighted by Gasteiger charge is 2.31. The number of rotatable bonds is 3. The Bertz CT molecular complexity index is 436. The molecule has 0 radical (unpaired) electrons. The Morgan fingerprint density at radius 3 is 2.82 bits per heavy atom. The molecule has 0 spiro atoms. The maximum Gasteiger partial charge on any atom is 0.372 e. The Kier molecular flexibility index (Phi) is 2.97. The maximum atomic E-state index is 10.8. The smallest absolute Gasteiger partial charge is 0.372 e. The maximum absolute atomic E-state index is 10.8. The first-order valence-electron chi connectivity index (χ1n) is 5.65. The average molecular weight is 239 g/mol. The normalized spacial score (nSPS) is 25.4. The third kappa shape index (κ3) is 2.68. The second kappa shape index (κ2) is 4.16. The molecule has 2 heterocycles. The van der Waals surface area contributed by atoms with Crippen molar-refractivity contribution < 1.29 is 19.4 Å². The fourth-order valence-electron chi connectivity index (χ4n) is 2.23. The van der Waals surface area contributed by atoms with Gasteiger partial charge < -0.3 is 14.6 Å². The fourth-order valence-corrected chi connectivity index (χ4v) is 2.23. The molecule has 94 valence electrons. The van der Waals surface area contributed by atoms with E-state index in [-0.39, 0.29) is 5.76 Å². The van der Waals surface area contributed by atoms with Crippen LogP contribution < -0.4 is 0 Å². The minimum Gasteiger partial charge on any atom is -0.475 e. The molecular weight excluding hydrogens is 222 g/mol. The van der Waals surface area contributed by atoms with E-state index in [0.29, 0.717) is 24.4 Å². The summed E-state index contributed by atoms with van der Waals surface area (Å²) < 4.78 is 5.28. The van der Waals surface area contributed by atoms with E-state index >= 15 is 0 Å². The number of hydrogen-bond acceptors (Lipinski definition) is 4. The van der Waals surface area contributed by atoms with E-state index in [1.807, 2.05) is 6.92 Å². The topological polar surface area (TPSA) is 73.9 Å². The number of carbonyl (C=O) groups is 1. The summed E-state index contributed by atoms with van der Waals surface area (Å²) in [5, 5.41) is 18.7. The van der Waals surface area contributed by atoms with Gasteiger partial charge in [-0.1, -0.05) is 0 Å². The third-order valence-electron chi connectivity index (χ3n) is 3.07. The predicted molar refractivity (Wildman–Crippen MR) is 60.9 cm³/mol. The van der Waals surface area contributed by atoms with Crippen molar-refractivity contribution in [3.05, 3.63) is 23.2 Å². The fraction of sp³-hybridized carbons (Fsp3) is 0.583. The Balaban J connectivity index is 2.05. The zero-order valence-electron chi connectivity index (χ0n) is 10.1. The number of hydrogen-bond donors (Lipinski definition) is 2. The molecule has 1 aliphatic rings. The molecule has 1 fully saturated rings. The molecule has 5 nitrogen and oxygen atoms in total. The zero-order valence-corrected chi connectivity index (χ0v) is 10.1. The summed E-state index contributed by atoms with van der Waals surface area (Å²) in [6, 6.07) is 1.75. The van der Waals surface area contributed by atoms with E-state index in [1.54, 1.807) is 13.0 Å². The predicted octanol–water partition coefficient (Wildman–Crippen LogP) is 1.24. The molecule has 2 rings (SSSR count). The van der Waals surface area contributed by atoms with Crippen LogP contribution in [0, 0.1) is 6.92 Å². The number of nitrogens with zero attached hydrogens (tertiary/aromatic N) is 1. The minimum atomic E-state index is -1.04. The molecule has 5 heteroatoms. The van der Waals surface area contributed by atoms with Gasteiger partial charge in [0.05, 0.1) is 12.1 Å². The molecule has 1 aromatic heterocycles. The number of aromatic carboxylic acids is 1. The van der Waals surface area contributed by atoms with Gasteiger partial charge in [0.25, 0.3) is 0 Å². The van der Waals surface area contributed by atoms with Crippen molar-refractivity contribution in [1.82, 2.24) is 4.90 Å². The molecule has 0 amide bonds. The molecule has 1 unspecified atom stereocenters. The number of carboxylic acids is 1. The van der Waals surface area contributed by atoms with Crippen LogP contribution in [-0.4, -0.2) is 39.8 Å². The second-order valence-corrected chi connectivity index (χ2v) is 4.99. The lowest BCUT2D eigenvalue weighted by molar-refractivity contribution is 0.0634. The highest BCUT2D eigenvalue weighted by atomic mass is 16.4. The highest BCUT2D eigenvalue weighted by Crippen LogP contribution is 2.23. The average Bonchev–Trinajstić information content (AvgIpc) is 2.70. The van der Waals surface area contributed by atoms with Crippen molar-refractivity contribution in [1.29, 1.82) is 0 Å². The van der Waals surface area contributed by atoms with Crippen molar-refractivity contribution in [2.45, 2.75) is 32.4 Å². The quantitative estimate of drug-likeness (QED) is 0.830. The lowest BCUT2D eigenvalue weighted by Gasteiger charge is -2.17. The van der Waals surface area contributed by atoms with Gasteiger partial charge in [0.15, 0.2) is 0 Å². The third-order valence-corrected chi connectivity index (χ3v) is 3.07. The first-order chi connectivity index (χ1) is 7.87. The molecule has 2 N–H and O–H groups in total. The van der Waals surface area contributed by atoms with Crippen LogP contribution in [0.5, 0.6) is 0 Å². The number of carboxylic acid groups (broad SMARTS) is 1. The van der Waals surface area contributed by atoms with Crippen LogP contribution in [0.25, 0.3) is 0 Å². The number of β-amino-alcohol motifs (C(OH)–C–C–N with tert-alkyl or cyclic N) is 1. The molecule has 17 heavy (non-hydrogen) atoms. The van der Waals surface area contributed by atoms with E-state index < -0.39 is 11.6 Å². The van der Waals surface area contributed by atoms with Gasteiger partial charge in [0, 0.05) is 18.7 Å². The SMILES string of the molecule is Cc1cc(CN2CCC(C)(O)C2)oc1C(=O)O. The largest absolute Gasteiger partial charge is 0.475 e.